The van der Waals surface area contributed by atoms with E-state index < -0.39 is 24.7 Å². The minimum absolute atomic E-state index is 0.0566. The highest BCUT2D eigenvalue weighted by molar-refractivity contribution is 5.83. The quantitative estimate of drug-likeness (QED) is 0.0199. The molecular weight excluding hydrogens is 1900 g/mol. The maximum absolute atomic E-state index is 12.3. The number of rotatable bonds is 78. The van der Waals surface area contributed by atoms with Gasteiger partial charge < -0.3 is 118 Å². The SMILES string of the molecule is CCCC(C)CCOC(C)OC.CCCC(C)CCOCOC.CCCC(CC#N)COC(CC(=O)OC)OC.CCCC(COC(C)OC)C(F)(F)F.CCCC(OC)OCc1ccc(CC)cc1.CCCCCCCCCOC(OC)c1ccccc1.CCCCCCOC(OC)c1cccc(OC)c1.CCCOCCOCCOCOC.CCCOCCOCOC.CCc1ccc2cc(COC(C)OC)ccc2c1. The van der Waals surface area contributed by atoms with Crippen molar-refractivity contribution >= 4 is 16.7 Å². The van der Waals surface area contributed by atoms with Crippen molar-refractivity contribution in [2.45, 2.75) is 360 Å². The molecule has 0 aromatic heterocycles. The van der Waals surface area contributed by atoms with Gasteiger partial charge in [-0.1, -0.05) is 290 Å². The molecule has 0 aliphatic heterocycles. The van der Waals surface area contributed by atoms with E-state index in [4.69, 9.17) is 114 Å². The average molecular weight is 2120 g/mol. The summed E-state index contributed by atoms with van der Waals surface area (Å²) in [7, 11) is 19.1. The molecule has 148 heavy (non-hydrogen) atoms. The predicted octanol–water partition coefficient (Wildman–Crippen LogP) is 28.7. The van der Waals surface area contributed by atoms with Crippen LogP contribution in [0.2, 0.25) is 0 Å². The first-order valence-corrected chi connectivity index (χ1v) is 54.4. The molecule has 0 amide bonds. The summed E-state index contributed by atoms with van der Waals surface area (Å²) in [6.45, 7) is 44.2. The molecule has 0 saturated carbocycles. The zero-order chi connectivity index (χ0) is 111. The highest BCUT2D eigenvalue weighted by atomic mass is 19.4. The molecule has 0 spiro atoms. The van der Waals surface area contributed by atoms with Gasteiger partial charge in [0.15, 0.2) is 44.0 Å². The Morgan fingerprint density at radius 3 is 1.23 bits per heavy atom. The molecule has 11 atom stereocenters. The minimum atomic E-state index is -4.18. The molecule has 0 N–H and O–H groups in total. The first-order chi connectivity index (χ1) is 71.6. The third-order valence-corrected chi connectivity index (χ3v) is 22.4. The predicted molar refractivity (Wildman–Crippen MR) is 589 cm³/mol. The van der Waals surface area contributed by atoms with Gasteiger partial charge in [-0.25, -0.2) is 0 Å². The first kappa shape index (κ1) is 150. The van der Waals surface area contributed by atoms with Gasteiger partial charge in [-0.2, -0.15) is 18.4 Å². The second-order valence-corrected chi connectivity index (χ2v) is 35.4. The van der Waals surface area contributed by atoms with Crippen molar-refractivity contribution in [2.75, 3.05) is 198 Å². The summed E-state index contributed by atoms with van der Waals surface area (Å²) in [4.78, 5) is 11.0. The number of hydrogen-bond donors (Lipinski definition) is 0. The molecular formula is C118H210F3NO26. The van der Waals surface area contributed by atoms with E-state index in [2.05, 4.69) is 159 Å². The highest BCUT2D eigenvalue weighted by Gasteiger charge is 2.39. The van der Waals surface area contributed by atoms with Crippen LogP contribution in [0.3, 0.4) is 0 Å². The molecule has 5 rings (SSSR count). The van der Waals surface area contributed by atoms with Crippen LogP contribution in [0.25, 0.3) is 10.8 Å². The highest BCUT2D eigenvalue weighted by Crippen LogP contribution is 2.31. The number of unbranched alkanes of at least 4 members (excludes halogenated alkanes) is 9. The molecule has 0 aliphatic carbocycles. The van der Waals surface area contributed by atoms with E-state index in [1.807, 2.05) is 68.4 Å². The molecule has 0 heterocycles. The lowest BCUT2D eigenvalue weighted by Crippen LogP contribution is -2.29. The molecule has 0 radical (unpaired) electrons. The summed E-state index contributed by atoms with van der Waals surface area (Å²) in [6.07, 6.45) is 24.5. The number of esters is 1. The number of methoxy groups -OCH3 is 12. The minimum Gasteiger partial charge on any atom is -0.497 e. The smallest absolute Gasteiger partial charge is 0.394 e. The zero-order valence-electron chi connectivity index (χ0n) is 97.5. The van der Waals surface area contributed by atoms with Crippen molar-refractivity contribution in [3.63, 3.8) is 0 Å². The van der Waals surface area contributed by atoms with Crippen LogP contribution in [0.5, 0.6) is 5.75 Å². The molecule has 5 aromatic carbocycles. The number of fused-ring (bicyclic) bond motifs is 1. The van der Waals surface area contributed by atoms with Gasteiger partial charge in [0.2, 0.25) is 0 Å². The Balaban J connectivity index is -0.000000515. The van der Waals surface area contributed by atoms with E-state index in [9.17, 15) is 18.0 Å². The van der Waals surface area contributed by atoms with Gasteiger partial charge in [-0.05, 0) is 160 Å². The molecule has 0 bridgehead atoms. The van der Waals surface area contributed by atoms with Crippen LogP contribution >= 0.6 is 0 Å². The number of carbonyl (C=O) groups is 1. The largest absolute Gasteiger partial charge is 0.497 e. The van der Waals surface area contributed by atoms with Crippen LogP contribution < -0.4 is 4.74 Å². The molecule has 0 saturated heterocycles. The van der Waals surface area contributed by atoms with Crippen molar-refractivity contribution in [1.29, 1.82) is 5.26 Å². The Labute approximate surface area is 896 Å². The summed E-state index contributed by atoms with van der Waals surface area (Å²) in [6, 6.07) is 41.7. The molecule has 30 heteroatoms. The topological polar surface area (TPSA) is 272 Å². The third-order valence-electron chi connectivity index (χ3n) is 22.4. The Morgan fingerprint density at radius 1 is 0.338 bits per heavy atom. The second kappa shape index (κ2) is 114. The van der Waals surface area contributed by atoms with Gasteiger partial charge in [0.25, 0.3) is 0 Å². The summed E-state index contributed by atoms with van der Waals surface area (Å²) < 4.78 is 166. The van der Waals surface area contributed by atoms with Crippen LogP contribution in [0.1, 0.15) is 330 Å². The van der Waals surface area contributed by atoms with Crippen LogP contribution in [-0.4, -0.2) is 242 Å². The van der Waals surface area contributed by atoms with Gasteiger partial charge in [-0.15, -0.1) is 0 Å². The number of nitrogens with zero attached hydrogens (tertiary/aromatic N) is 1. The molecule has 5 aromatic rings. The molecule has 27 nitrogen and oxygen atoms in total. The van der Waals surface area contributed by atoms with E-state index in [0.717, 1.165) is 145 Å². The summed E-state index contributed by atoms with van der Waals surface area (Å²) in [5.74, 6) is 0.828. The standard InChI is InChI=1S/C17H28O2.C16H20O2.C15H24O3.C14H22O2.C12H21NO4.C10H22O2.C9H17F3O2.C9H20O4.C9H20O2.C7H16O3/c1-3-4-5-6-7-8-12-15-19-17(18-2)16-13-10-9-11-14-16;1-4-13-5-7-16-10-14(6-8-15(16)9-13)11-18-12(2)17-3;1-4-5-6-7-11-18-15(17-3)13-9-8-10-14(12-13)16-2;1-4-6-14(15-3)16-11-13-9-7-12(5-2)8-10-13;1-4-5-10(6-7-13)9-17-12(16-3)8-11(14)15-2;1-5-6-9(2)7-8-12-10(3)11-4;1-4-5-8(9(10,11)12)6-14-7(2)13-3;1-3-4-11-5-6-12-7-8-13-9-10-2;1-4-5-9(2)6-7-11-8-10-3;1-3-4-9-5-6-10-7-8-2/h9-11,13-14,17H,3-8,12,15H2,1-2H3;5-10,12H,4,11H2,1-3H3;8-10,12,15H,4-7,11H2,1-3H3;7-10,14H,4-6,11H2,1-3H3;10,12H,4-6,8-9H2,1-3H3;9-10H,5-8H2,1-4H3;7-8H,4-6H2,1-3H3;3-9H2,1-2H3;9H,4-8H2,1-3H3;3-7H2,1-2H3. The van der Waals surface area contributed by atoms with Crippen molar-refractivity contribution in [1.82, 2.24) is 0 Å². The Bertz CT molecular complexity index is 3540. The van der Waals surface area contributed by atoms with Crippen molar-refractivity contribution in [3.8, 4) is 11.8 Å². The van der Waals surface area contributed by atoms with Crippen LogP contribution in [0.4, 0.5) is 13.2 Å². The summed E-state index contributed by atoms with van der Waals surface area (Å²) >= 11 is 0. The van der Waals surface area contributed by atoms with Gasteiger partial charge in [0, 0.05) is 115 Å². The van der Waals surface area contributed by atoms with Crippen LogP contribution in [0, 0.1) is 35.0 Å². The molecule has 0 aliphatic rings. The van der Waals surface area contributed by atoms with E-state index in [1.165, 1.54) is 138 Å². The fourth-order valence-corrected chi connectivity index (χ4v) is 13.4. The average Bonchev–Trinajstić information content (AvgIpc) is 0.827. The van der Waals surface area contributed by atoms with E-state index in [-0.39, 0.29) is 62.8 Å². The third kappa shape index (κ3) is 95.8. The van der Waals surface area contributed by atoms with Crippen molar-refractivity contribution in [2.24, 2.45) is 23.7 Å². The van der Waals surface area contributed by atoms with Gasteiger partial charge >= 0.3 is 12.1 Å². The number of ether oxygens (including phenoxy) is 25. The lowest BCUT2D eigenvalue weighted by molar-refractivity contribution is -0.209. The summed E-state index contributed by atoms with van der Waals surface area (Å²) in [5, 5.41) is 11.2. The summed E-state index contributed by atoms with van der Waals surface area (Å²) in [5.41, 5.74) is 7.20. The fourth-order valence-electron chi connectivity index (χ4n) is 13.4. The lowest BCUT2D eigenvalue weighted by atomic mass is 10.0. The number of aryl methyl sites for hydroxylation is 2. The molecule has 864 valence electrons. The Morgan fingerprint density at radius 2 is 0.770 bits per heavy atom. The molecule has 0 fully saturated rings. The van der Waals surface area contributed by atoms with E-state index in [0.29, 0.717) is 92.7 Å². The number of nitriles is 1. The number of carbonyl (C=O) groups excluding carboxylic acids is 1. The maximum atomic E-state index is 12.3. The Hall–Kier alpha value is -6.01. The van der Waals surface area contributed by atoms with Gasteiger partial charge in [0.1, 0.15) is 26.1 Å². The fraction of sp³-hybridized carbons (Fsp3) is 0.746. The number of hydrogen-bond acceptors (Lipinski definition) is 27. The van der Waals surface area contributed by atoms with Crippen molar-refractivity contribution < 1.29 is 136 Å². The van der Waals surface area contributed by atoms with Crippen molar-refractivity contribution in [3.05, 3.63) is 149 Å². The Kier molecular flexibility index (Phi) is 115. The number of alkyl halides is 3. The molecule has 11 unspecified atom stereocenters. The normalized spacial score (nSPS) is 13.1. The number of benzene rings is 5. The monoisotopic (exact) mass is 2110 g/mol. The van der Waals surface area contributed by atoms with E-state index >= 15 is 0 Å². The first-order valence-electron chi connectivity index (χ1n) is 54.4. The lowest BCUT2D eigenvalue weighted by Gasteiger charge is -2.21. The van der Waals surface area contributed by atoms with Gasteiger partial charge in [0.05, 0.1) is 112 Å². The van der Waals surface area contributed by atoms with E-state index in [1.54, 1.807) is 77.8 Å². The van der Waals surface area contributed by atoms with Crippen LogP contribution in [0.15, 0.2) is 115 Å². The van der Waals surface area contributed by atoms with Crippen LogP contribution in [-0.2, 0) is 145 Å². The number of halogens is 3. The second-order valence-electron chi connectivity index (χ2n) is 35.4. The maximum Gasteiger partial charge on any atom is 0.394 e. The zero-order valence-corrected chi connectivity index (χ0v) is 97.5. The van der Waals surface area contributed by atoms with Gasteiger partial charge in [-0.3, -0.25) is 4.79 Å².